The largest absolute Gasteiger partial charge is 0.454 e. The molecule has 0 fully saturated rings. The van der Waals surface area contributed by atoms with E-state index in [0.717, 1.165) is 0 Å². The smallest absolute Gasteiger partial charge is 0.259 e. The highest BCUT2D eigenvalue weighted by Gasteiger charge is 2.35. The summed E-state index contributed by atoms with van der Waals surface area (Å²) in [6.07, 6.45) is 5.89. The van der Waals surface area contributed by atoms with Gasteiger partial charge in [0.05, 0.1) is 23.0 Å². The molecule has 0 saturated heterocycles. The van der Waals surface area contributed by atoms with E-state index in [4.69, 9.17) is 9.47 Å². The first-order valence-electron chi connectivity index (χ1n) is 9.92. The summed E-state index contributed by atoms with van der Waals surface area (Å²) >= 11 is 0. The molecule has 8 heteroatoms. The van der Waals surface area contributed by atoms with Crippen LogP contribution in [0.2, 0.25) is 0 Å². The van der Waals surface area contributed by atoms with E-state index < -0.39 is 5.82 Å². The van der Waals surface area contributed by atoms with Crippen molar-refractivity contribution in [2.75, 3.05) is 6.79 Å². The van der Waals surface area contributed by atoms with E-state index in [1.54, 1.807) is 29.2 Å². The van der Waals surface area contributed by atoms with E-state index in [2.05, 4.69) is 4.98 Å². The molecule has 1 aliphatic carbocycles. The fraction of sp³-hybridized carbons (Fsp3) is 0.174. The molecule has 0 N–H and O–H groups in total. The molecule has 1 aliphatic heterocycles. The summed E-state index contributed by atoms with van der Waals surface area (Å²) in [7, 11) is 0. The Morgan fingerprint density at radius 1 is 1.00 bits per heavy atom. The predicted molar refractivity (Wildman–Crippen MR) is 110 cm³/mol. The number of carbonyl (C=O) groups is 1. The predicted octanol–water partition coefficient (Wildman–Crippen LogP) is 3.37. The Morgan fingerprint density at radius 2 is 1.81 bits per heavy atom. The first-order chi connectivity index (χ1) is 15.1. The number of aryl methyl sites for hydroxylation is 1. The van der Waals surface area contributed by atoms with Crippen molar-refractivity contribution in [1.82, 2.24) is 14.1 Å². The molecule has 0 unspecified atom stereocenters. The summed E-state index contributed by atoms with van der Waals surface area (Å²) in [4.78, 5) is 30.8. The van der Waals surface area contributed by atoms with Crippen LogP contribution in [-0.2, 0) is 13.1 Å². The van der Waals surface area contributed by atoms with Crippen molar-refractivity contribution in [2.24, 2.45) is 0 Å². The molecule has 2 aromatic carbocycles. The molecule has 2 aromatic heterocycles. The van der Waals surface area contributed by atoms with E-state index in [-0.39, 0.29) is 23.5 Å². The number of rotatable bonds is 4. The van der Waals surface area contributed by atoms with Crippen LogP contribution in [-0.4, -0.2) is 26.7 Å². The molecule has 6 rings (SSSR count). The van der Waals surface area contributed by atoms with Crippen LogP contribution in [0.5, 0.6) is 11.5 Å². The molecule has 4 aromatic rings. The average Bonchev–Trinajstić information content (AvgIpc) is 3.50. The second kappa shape index (κ2) is 6.53. The summed E-state index contributed by atoms with van der Waals surface area (Å²) in [6, 6.07) is 7.39. The van der Waals surface area contributed by atoms with Gasteiger partial charge < -0.3 is 18.6 Å². The Morgan fingerprint density at radius 3 is 2.58 bits per heavy atom. The lowest BCUT2D eigenvalue weighted by Gasteiger charge is -2.15. The maximum atomic E-state index is 14.0. The Labute approximate surface area is 175 Å². The topological polar surface area (TPSA) is 75.4 Å². The number of ketones is 1. The van der Waals surface area contributed by atoms with Crippen LogP contribution < -0.4 is 15.0 Å². The van der Waals surface area contributed by atoms with Gasteiger partial charge in [-0.05, 0) is 30.7 Å². The zero-order valence-electron chi connectivity index (χ0n) is 16.3. The van der Waals surface area contributed by atoms with E-state index >= 15 is 0 Å². The molecule has 154 valence electrons. The third-order valence-corrected chi connectivity index (χ3v) is 5.83. The van der Waals surface area contributed by atoms with Crippen LogP contribution in [0.3, 0.4) is 0 Å². The van der Waals surface area contributed by atoms with Crippen molar-refractivity contribution >= 4 is 16.6 Å². The number of benzene rings is 2. The molecule has 0 saturated carbocycles. The van der Waals surface area contributed by atoms with Crippen LogP contribution in [0.25, 0.3) is 22.0 Å². The van der Waals surface area contributed by atoms with Crippen molar-refractivity contribution in [2.45, 2.75) is 19.5 Å². The summed E-state index contributed by atoms with van der Waals surface area (Å²) in [5, 5.41) is 0.651. The van der Waals surface area contributed by atoms with Crippen LogP contribution >= 0.6 is 0 Å². The third-order valence-electron chi connectivity index (χ3n) is 5.83. The van der Waals surface area contributed by atoms with E-state index in [1.165, 1.54) is 18.2 Å². The maximum Gasteiger partial charge on any atom is 0.259 e. The zero-order valence-corrected chi connectivity index (χ0v) is 16.3. The van der Waals surface area contributed by atoms with Crippen molar-refractivity contribution in [3.8, 4) is 22.8 Å². The molecule has 3 heterocycles. The molecule has 0 amide bonds. The highest BCUT2D eigenvalue weighted by atomic mass is 19.1. The minimum atomic E-state index is -0.516. The van der Waals surface area contributed by atoms with Gasteiger partial charge >= 0.3 is 0 Å². The lowest BCUT2D eigenvalue weighted by Crippen LogP contribution is -2.24. The second-order valence-corrected chi connectivity index (χ2v) is 7.60. The number of aromatic nitrogens is 3. The quantitative estimate of drug-likeness (QED) is 0.448. The van der Waals surface area contributed by atoms with Gasteiger partial charge in [0.25, 0.3) is 5.56 Å². The molecule has 0 spiro atoms. The first-order valence-corrected chi connectivity index (χ1v) is 9.92. The number of ether oxygens (including phenoxy) is 2. The van der Waals surface area contributed by atoms with Gasteiger partial charge in [-0.25, -0.2) is 9.37 Å². The van der Waals surface area contributed by atoms with E-state index in [0.29, 0.717) is 58.8 Å². The van der Waals surface area contributed by atoms with Gasteiger partial charge in [-0.3, -0.25) is 9.59 Å². The lowest BCUT2D eigenvalue weighted by atomic mass is 10.0. The molecule has 0 bridgehead atoms. The van der Waals surface area contributed by atoms with Crippen LogP contribution in [0.1, 0.15) is 22.3 Å². The van der Waals surface area contributed by atoms with Crippen molar-refractivity contribution in [3.63, 3.8) is 0 Å². The number of hydrogen-bond acceptors (Lipinski definition) is 5. The molecular formula is C23H16FN3O4. The molecule has 0 radical (unpaired) electrons. The molecule has 0 atom stereocenters. The number of hydrogen-bond donors (Lipinski definition) is 0. The van der Waals surface area contributed by atoms with Crippen LogP contribution in [0.4, 0.5) is 4.39 Å². The normalized spacial score (nSPS) is 13.6. The summed E-state index contributed by atoms with van der Waals surface area (Å²) < 4.78 is 28.4. The monoisotopic (exact) mass is 417 g/mol. The molecule has 7 nitrogen and oxygen atoms in total. The highest BCUT2D eigenvalue weighted by Crippen LogP contribution is 2.45. The average molecular weight is 417 g/mol. The molecule has 2 aliphatic rings. The number of nitrogens with zero attached hydrogens (tertiary/aromatic N) is 3. The number of halogens is 1. The van der Waals surface area contributed by atoms with E-state index in [9.17, 15) is 14.0 Å². The summed E-state index contributed by atoms with van der Waals surface area (Å²) in [6.45, 7) is 1.12. The van der Waals surface area contributed by atoms with Crippen molar-refractivity contribution < 1.29 is 18.7 Å². The van der Waals surface area contributed by atoms with Gasteiger partial charge in [0.1, 0.15) is 5.82 Å². The fourth-order valence-corrected chi connectivity index (χ4v) is 4.43. The van der Waals surface area contributed by atoms with Gasteiger partial charge in [-0.1, -0.05) is 6.07 Å². The SMILES string of the molecule is O=C1c2cc3c(cc2-c2c1c1ccc(F)cc1c(=O)n2CCCn1ccnc1)OCO3. The molecular weight excluding hydrogens is 401 g/mol. The number of pyridine rings is 1. The number of carbonyl (C=O) groups excluding carboxylic acids is 1. The Hall–Kier alpha value is -3.94. The Bertz CT molecular complexity index is 1440. The third kappa shape index (κ3) is 2.61. The minimum absolute atomic E-state index is 0.0913. The second-order valence-electron chi connectivity index (χ2n) is 7.60. The highest BCUT2D eigenvalue weighted by molar-refractivity contribution is 6.27. The Kier molecular flexibility index (Phi) is 3.77. The maximum absolute atomic E-state index is 14.0. The lowest BCUT2D eigenvalue weighted by molar-refractivity contribution is 0.104. The minimum Gasteiger partial charge on any atom is -0.454 e. The van der Waals surface area contributed by atoms with Gasteiger partial charge in [0.15, 0.2) is 17.3 Å². The number of fused-ring (bicyclic) bond motifs is 6. The van der Waals surface area contributed by atoms with Crippen molar-refractivity contribution in [3.05, 3.63) is 76.4 Å². The van der Waals surface area contributed by atoms with Crippen LogP contribution in [0.15, 0.2) is 53.8 Å². The van der Waals surface area contributed by atoms with Crippen molar-refractivity contribution in [1.29, 1.82) is 0 Å². The van der Waals surface area contributed by atoms with E-state index in [1.807, 2.05) is 10.8 Å². The van der Waals surface area contributed by atoms with Gasteiger partial charge in [-0.2, -0.15) is 0 Å². The van der Waals surface area contributed by atoms with Gasteiger partial charge in [0, 0.05) is 42.0 Å². The van der Waals surface area contributed by atoms with Gasteiger partial charge in [-0.15, -0.1) is 0 Å². The Balaban J connectivity index is 1.57. The first kappa shape index (κ1) is 17.9. The number of imidazole rings is 1. The van der Waals surface area contributed by atoms with Crippen LogP contribution in [0, 0.1) is 5.82 Å². The zero-order chi connectivity index (χ0) is 21.1. The van der Waals surface area contributed by atoms with Gasteiger partial charge in [0.2, 0.25) is 6.79 Å². The molecule has 31 heavy (non-hydrogen) atoms. The fourth-order valence-electron chi connectivity index (χ4n) is 4.43. The summed E-state index contributed by atoms with van der Waals surface area (Å²) in [5.41, 5.74) is 1.73. The standard InChI is InChI=1S/C23H16FN3O4/c24-13-2-3-14-17(8-13)23(29)27(6-1-5-26-7-4-25-11-26)21-15-9-18-19(31-12-30-18)10-16(15)22(28)20(14)21/h2-4,7-11H,1,5-6,12H2. The summed E-state index contributed by atoms with van der Waals surface area (Å²) in [5.74, 6) is 0.321.